The molecule has 26 heavy (non-hydrogen) atoms. The number of hydrogen-bond donors (Lipinski definition) is 1. The topological polar surface area (TPSA) is 24.9 Å². The lowest BCUT2D eigenvalue weighted by Gasteiger charge is -2.36. The molecular formula is C23H20N2S. The molecule has 0 aliphatic carbocycles. The highest BCUT2D eigenvalue weighted by Gasteiger charge is 2.36. The molecule has 1 aromatic heterocycles. The molecule has 4 rings (SSSR count). The summed E-state index contributed by atoms with van der Waals surface area (Å²) < 4.78 is 0. The number of nitrogens with one attached hydrogen (secondary N) is 1. The number of rotatable bonds is 5. The normalized spacial score (nSPS) is 11.3. The third kappa shape index (κ3) is 3.02. The number of hydrogen-bond acceptors (Lipinski definition) is 3. The molecule has 0 fully saturated rings. The molecule has 3 aromatic carbocycles. The van der Waals surface area contributed by atoms with Gasteiger partial charge in [-0.2, -0.15) is 0 Å². The van der Waals surface area contributed by atoms with Gasteiger partial charge >= 0.3 is 0 Å². The first kappa shape index (κ1) is 16.6. The van der Waals surface area contributed by atoms with Gasteiger partial charge in [-0.05, 0) is 23.6 Å². The Bertz CT molecular complexity index is 866. The number of nitrogens with zero attached hydrogens (tertiary/aromatic N) is 1. The maximum Gasteiger partial charge on any atom is 0.184 e. The fourth-order valence-electron chi connectivity index (χ4n) is 3.35. The van der Waals surface area contributed by atoms with Crippen LogP contribution in [0.15, 0.2) is 96.4 Å². The molecule has 0 spiro atoms. The van der Waals surface area contributed by atoms with E-state index in [-0.39, 0.29) is 0 Å². The van der Waals surface area contributed by atoms with Gasteiger partial charge in [0.1, 0.15) is 5.54 Å². The lowest BCUT2D eigenvalue weighted by molar-refractivity contribution is 0.710. The van der Waals surface area contributed by atoms with E-state index in [1.165, 1.54) is 16.7 Å². The number of aromatic nitrogens is 1. The summed E-state index contributed by atoms with van der Waals surface area (Å²) in [6, 6.07) is 31.7. The summed E-state index contributed by atoms with van der Waals surface area (Å²) in [5.74, 6) is 0. The SMILES string of the molecule is Cc1csc(NC(c2ccccc2)(c2ccccc2)c2ccccc2)n1. The van der Waals surface area contributed by atoms with Gasteiger partial charge in [-0.15, -0.1) is 11.3 Å². The first-order valence-electron chi connectivity index (χ1n) is 8.66. The fourth-order valence-corrected chi connectivity index (χ4v) is 4.10. The molecule has 2 nitrogen and oxygen atoms in total. The average molecular weight is 356 g/mol. The zero-order chi connectivity index (χ0) is 17.8. The largest absolute Gasteiger partial charge is 0.344 e. The number of anilines is 1. The van der Waals surface area contributed by atoms with Gasteiger partial charge < -0.3 is 5.32 Å². The van der Waals surface area contributed by atoms with Crippen molar-refractivity contribution in [3.63, 3.8) is 0 Å². The van der Waals surface area contributed by atoms with E-state index in [0.29, 0.717) is 0 Å². The van der Waals surface area contributed by atoms with Gasteiger partial charge in [-0.3, -0.25) is 0 Å². The molecule has 1 heterocycles. The van der Waals surface area contributed by atoms with Crippen molar-refractivity contribution in [3.8, 4) is 0 Å². The minimum atomic E-state index is -0.506. The second kappa shape index (κ2) is 7.14. The van der Waals surface area contributed by atoms with E-state index in [2.05, 4.69) is 107 Å². The molecule has 3 heteroatoms. The lowest BCUT2D eigenvalue weighted by Crippen LogP contribution is -2.38. The van der Waals surface area contributed by atoms with E-state index >= 15 is 0 Å². The van der Waals surface area contributed by atoms with Crippen molar-refractivity contribution < 1.29 is 0 Å². The monoisotopic (exact) mass is 356 g/mol. The van der Waals surface area contributed by atoms with Crippen molar-refractivity contribution in [1.82, 2.24) is 4.98 Å². The van der Waals surface area contributed by atoms with Gasteiger partial charge in [0.05, 0.1) is 5.69 Å². The van der Waals surface area contributed by atoms with Crippen LogP contribution in [0.3, 0.4) is 0 Å². The van der Waals surface area contributed by atoms with Crippen molar-refractivity contribution in [3.05, 3.63) is 119 Å². The summed E-state index contributed by atoms with van der Waals surface area (Å²) >= 11 is 1.64. The summed E-state index contributed by atoms with van der Waals surface area (Å²) in [4.78, 5) is 4.68. The summed E-state index contributed by atoms with van der Waals surface area (Å²) in [5, 5.41) is 6.76. The zero-order valence-corrected chi connectivity index (χ0v) is 15.4. The summed E-state index contributed by atoms with van der Waals surface area (Å²) in [6.45, 7) is 2.02. The standard InChI is InChI=1S/C23H20N2S/c1-18-17-26-22(24-18)25-23(19-11-5-2-6-12-19,20-13-7-3-8-14-20)21-15-9-4-10-16-21/h2-17H,1H3,(H,24,25). The Hall–Kier alpha value is -2.91. The second-order valence-corrected chi connectivity index (χ2v) is 7.13. The molecule has 0 unspecified atom stereocenters. The minimum absolute atomic E-state index is 0.506. The lowest BCUT2D eigenvalue weighted by atomic mass is 9.77. The van der Waals surface area contributed by atoms with Crippen LogP contribution in [0, 0.1) is 6.92 Å². The molecule has 0 aliphatic heterocycles. The molecule has 4 aromatic rings. The average Bonchev–Trinajstić information content (AvgIpc) is 3.13. The van der Waals surface area contributed by atoms with Crippen molar-refractivity contribution in [2.75, 3.05) is 5.32 Å². The van der Waals surface area contributed by atoms with Gasteiger partial charge in [0.2, 0.25) is 0 Å². The van der Waals surface area contributed by atoms with E-state index in [1.807, 2.05) is 6.92 Å². The van der Waals surface area contributed by atoms with Gasteiger partial charge in [0, 0.05) is 5.38 Å². The van der Waals surface area contributed by atoms with Gasteiger partial charge in [-0.1, -0.05) is 91.0 Å². The molecule has 0 radical (unpaired) electrons. The Morgan fingerprint density at radius 3 is 1.46 bits per heavy atom. The van der Waals surface area contributed by atoms with Crippen molar-refractivity contribution in [1.29, 1.82) is 0 Å². The van der Waals surface area contributed by atoms with Crippen molar-refractivity contribution >= 4 is 16.5 Å². The third-order valence-corrected chi connectivity index (χ3v) is 5.41. The molecule has 0 saturated heterocycles. The number of aryl methyl sites for hydroxylation is 1. The van der Waals surface area contributed by atoms with Crippen LogP contribution in [0.25, 0.3) is 0 Å². The molecule has 0 saturated carbocycles. The molecule has 0 bridgehead atoms. The highest BCUT2D eigenvalue weighted by molar-refractivity contribution is 7.13. The first-order valence-corrected chi connectivity index (χ1v) is 9.54. The van der Waals surface area contributed by atoms with E-state index in [1.54, 1.807) is 11.3 Å². The predicted molar refractivity (Wildman–Crippen MR) is 110 cm³/mol. The summed E-state index contributed by atoms with van der Waals surface area (Å²) in [7, 11) is 0. The molecule has 0 atom stereocenters. The van der Waals surface area contributed by atoms with E-state index < -0.39 is 5.54 Å². The Balaban J connectivity index is 2.00. The van der Waals surface area contributed by atoms with Crippen LogP contribution in [-0.2, 0) is 5.54 Å². The Morgan fingerprint density at radius 2 is 1.12 bits per heavy atom. The Kier molecular flexibility index (Phi) is 4.55. The van der Waals surface area contributed by atoms with Crippen LogP contribution in [0.4, 0.5) is 5.13 Å². The Labute approximate surface area is 158 Å². The van der Waals surface area contributed by atoms with Gasteiger partial charge in [0.15, 0.2) is 5.13 Å². The van der Waals surface area contributed by atoms with Crippen molar-refractivity contribution in [2.45, 2.75) is 12.5 Å². The smallest absolute Gasteiger partial charge is 0.184 e. The first-order chi connectivity index (χ1) is 12.8. The number of benzene rings is 3. The molecule has 1 N–H and O–H groups in total. The minimum Gasteiger partial charge on any atom is -0.344 e. The quantitative estimate of drug-likeness (QED) is 0.453. The van der Waals surface area contributed by atoms with Crippen LogP contribution in [0.5, 0.6) is 0 Å². The molecule has 0 aliphatic rings. The van der Waals surface area contributed by atoms with E-state index in [0.717, 1.165) is 10.8 Å². The second-order valence-electron chi connectivity index (χ2n) is 6.27. The highest BCUT2D eigenvalue weighted by Crippen LogP contribution is 2.40. The van der Waals surface area contributed by atoms with Gasteiger partial charge in [0.25, 0.3) is 0 Å². The van der Waals surface area contributed by atoms with Crippen LogP contribution in [-0.4, -0.2) is 4.98 Å². The maximum absolute atomic E-state index is 4.68. The summed E-state index contributed by atoms with van der Waals surface area (Å²) in [5.41, 5.74) is 4.08. The van der Waals surface area contributed by atoms with Crippen molar-refractivity contribution in [2.24, 2.45) is 0 Å². The fraction of sp³-hybridized carbons (Fsp3) is 0.0870. The van der Waals surface area contributed by atoms with Crippen LogP contribution >= 0.6 is 11.3 Å². The third-order valence-electron chi connectivity index (χ3n) is 4.53. The van der Waals surface area contributed by atoms with Crippen LogP contribution in [0.2, 0.25) is 0 Å². The molecular weight excluding hydrogens is 336 g/mol. The highest BCUT2D eigenvalue weighted by atomic mass is 32.1. The molecule has 0 amide bonds. The van der Waals surface area contributed by atoms with E-state index in [9.17, 15) is 0 Å². The summed E-state index contributed by atoms with van der Waals surface area (Å²) in [6.07, 6.45) is 0. The van der Waals surface area contributed by atoms with Crippen LogP contribution in [0.1, 0.15) is 22.4 Å². The van der Waals surface area contributed by atoms with Crippen LogP contribution < -0.4 is 5.32 Å². The van der Waals surface area contributed by atoms with E-state index in [4.69, 9.17) is 0 Å². The number of thiazole rings is 1. The molecule has 128 valence electrons. The predicted octanol–water partition coefficient (Wildman–Crippen LogP) is 5.86. The zero-order valence-electron chi connectivity index (χ0n) is 14.6. The maximum atomic E-state index is 4.68. The van der Waals surface area contributed by atoms with Gasteiger partial charge in [-0.25, -0.2) is 4.98 Å². The Morgan fingerprint density at radius 1 is 0.692 bits per heavy atom.